The lowest BCUT2D eigenvalue weighted by atomic mass is 10.0. The first-order valence-corrected chi connectivity index (χ1v) is 12.4. The van der Waals surface area contributed by atoms with Crippen molar-refractivity contribution in [2.75, 3.05) is 36.2 Å². The molecule has 2 heterocycles. The summed E-state index contributed by atoms with van der Waals surface area (Å²) >= 11 is 0. The third-order valence-electron chi connectivity index (χ3n) is 5.41. The molecule has 0 saturated carbocycles. The van der Waals surface area contributed by atoms with Gasteiger partial charge in [0.1, 0.15) is 12.4 Å². The fraction of sp³-hybridized carbons (Fsp3) is 0.391. The second-order valence-electron chi connectivity index (χ2n) is 7.98. The van der Waals surface area contributed by atoms with E-state index >= 15 is 0 Å². The molecule has 1 aliphatic heterocycles. The van der Waals surface area contributed by atoms with Gasteiger partial charge in [-0.2, -0.15) is 0 Å². The second kappa shape index (κ2) is 9.85. The SMILES string of the molecule is Cc1c(C#CCO)cnc(N2CCCC(F)(F)CC2)c1C(=O)Nc1cccc([S@](C)(=N)=O)c1. The van der Waals surface area contributed by atoms with Gasteiger partial charge in [-0.3, -0.25) is 4.79 Å². The van der Waals surface area contributed by atoms with Crippen molar-refractivity contribution in [1.82, 2.24) is 4.98 Å². The van der Waals surface area contributed by atoms with Crippen LogP contribution in [0.1, 0.15) is 40.7 Å². The summed E-state index contributed by atoms with van der Waals surface area (Å²) in [6.45, 7) is 1.71. The normalized spacial score (nSPS) is 17.3. The Kier molecular flexibility index (Phi) is 7.34. The number of carbonyl (C=O) groups excluding carboxylic acids is 1. The first-order valence-electron chi connectivity index (χ1n) is 10.4. The molecule has 1 atom stereocenters. The number of anilines is 2. The number of hydrogen-bond acceptors (Lipinski definition) is 6. The molecular formula is C23H26F2N4O3S. The average Bonchev–Trinajstić information content (AvgIpc) is 2.92. The molecule has 3 N–H and O–H groups in total. The predicted molar refractivity (Wildman–Crippen MR) is 123 cm³/mol. The number of benzene rings is 1. The lowest BCUT2D eigenvalue weighted by molar-refractivity contribution is -0.0102. The molecule has 0 aliphatic carbocycles. The zero-order valence-corrected chi connectivity index (χ0v) is 19.3. The van der Waals surface area contributed by atoms with Crippen molar-refractivity contribution < 1.29 is 22.9 Å². The zero-order chi connectivity index (χ0) is 24.2. The van der Waals surface area contributed by atoms with Crippen molar-refractivity contribution in [3.8, 4) is 11.8 Å². The molecule has 2 aromatic rings. The molecular weight excluding hydrogens is 450 g/mol. The summed E-state index contributed by atoms with van der Waals surface area (Å²) < 4.78 is 47.7. The topological polar surface area (TPSA) is 106 Å². The maximum absolute atomic E-state index is 13.9. The lowest BCUT2D eigenvalue weighted by Gasteiger charge is -2.25. The van der Waals surface area contributed by atoms with E-state index in [1.54, 1.807) is 30.0 Å². The van der Waals surface area contributed by atoms with E-state index < -0.39 is 21.6 Å². The summed E-state index contributed by atoms with van der Waals surface area (Å²) in [4.78, 5) is 19.7. The first kappa shape index (κ1) is 24.6. The Bertz CT molecular complexity index is 1220. The molecule has 1 fully saturated rings. The van der Waals surface area contributed by atoms with Crippen LogP contribution in [0.3, 0.4) is 0 Å². The van der Waals surface area contributed by atoms with Gasteiger partial charge in [-0.05, 0) is 37.1 Å². The molecule has 1 aromatic heterocycles. The minimum absolute atomic E-state index is 0.0492. The Labute approximate surface area is 192 Å². The predicted octanol–water partition coefficient (Wildman–Crippen LogP) is 3.65. The Morgan fingerprint density at radius 3 is 2.82 bits per heavy atom. The van der Waals surface area contributed by atoms with Gasteiger partial charge in [0.2, 0.25) is 5.92 Å². The molecule has 10 heteroatoms. The highest BCUT2D eigenvalue weighted by molar-refractivity contribution is 7.91. The summed E-state index contributed by atoms with van der Waals surface area (Å²) in [6.07, 6.45) is 2.47. The number of hydrogen-bond donors (Lipinski definition) is 3. The number of alkyl halides is 2. The summed E-state index contributed by atoms with van der Waals surface area (Å²) in [5.74, 6) is 2.30. The highest BCUT2D eigenvalue weighted by Crippen LogP contribution is 2.32. The molecule has 0 radical (unpaired) electrons. The van der Waals surface area contributed by atoms with Gasteiger partial charge in [0.25, 0.3) is 5.91 Å². The Balaban J connectivity index is 2.03. The van der Waals surface area contributed by atoms with Crippen LogP contribution in [-0.2, 0) is 9.73 Å². The number of rotatable bonds is 4. The van der Waals surface area contributed by atoms with Crippen LogP contribution in [0.2, 0.25) is 0 Å². The van der Waals surface area contributed by atoms with Gasteiger partial charge in [0.05, 0.1) is 15.3 Å². The smallest absolute Gasteiger partial charge is 0.259 e. The molecule has 1 aromatic carbocycles. The first-order chi connectivity index (χ1) is 15.5. The van der Waals surface area contributed by atoms with Crippen LogP contribution < -0.4 is 10.2 Å². The number of amides is 1. The van der Waals surface area contributed by atoms with Gasteiger partial charge in [-0.25, -0.2) is 22.8 Å². The van der Waals surface area contributed by atoms with Crippen molar-refractivity contribution in [1.29, 1.82) is 4.78 Å². The van der Waals surface area contributed by atoms with E-state index in [1.807, 2.05) is 0 Å². The number of aromatic nitrogens is 1. The number of nitrogens with zero attached hydrogens (tertiary/aromatic N) is 2. The van der Waals surface area contributed by atoms with Crippen molar-refractivity contribution in [2.45, 2.75) is 37.0 Å². The van der Waals surface area contributed by atoms with Crippen LogP contribution in [0.5, 0.6) is 0 Å². The van der Waals surface area contributed by atoms with Crippen LogP contribution >= 0.6 is 0 Å². The maximum atomic E-state index is 13.9. The molecule has 3 rings (SSSR count). The quantitative estimate of drug-likeness (QED) is 0.584. The number of aliphatic hydroxyl groups excluding tert-OH is 1. The fourth-order valence-corrected chi connectivity index (χ4v) is 4.34. The average molecular weight is 477 g/mol. The van der Waals surface area contributed by atoms with E-state index in [1.165, 1.54) is 18.5 Å². The number of nitrogens with one attached hydrogen (secondary N) is 2. The van der Waals surface area contributed by atoms with Crippen LogP contribution in [0.4, 0.5) is 20.3 Å². The fourth-order valence-electron chi connectivity index (χ4n) is 3.65. The van der Waals surface area contributed by atoms with E-state index in [0.717, 1.165) is 0 Å². The number of halogens is 2. The molecule has 0 bridgehead atoms. The van der Waals surface area contributed by atoms with E-state index in [9.17, 15) is 17.8 Å². The minimum atomic E-state index is -2.98. The monoisotopic (exact) mass is 476 g/mol. The minimum Gasteiger partial charge on any atom is -0.384 e. The molecule has 176 valence electrons. The van der Waals surface area contributed by atoms with Crippen molar-refractivity contribution >= 4 is 27.1 Å². The van der Waals surface area contributed by atoms with Crippen LogP contribution in [0.25, 0.3) is 0 Å². The van der Waals surface area contributed by atoms with Crippen molar-refractivity contribution in [3.63, 3.8) is 0 Å². The van der Waals surface area contributed by atoms with Crippen molar-refractivity contribution in [3.05, 3.63) is 47.2 Å². The summed E-state index contributed by atoms with van der Waals surface area (Å²) in [5, 5.41) is 11.8. The largest absolute Gasteiger partial charge is 0.384 e. The van der Waals surface area contributed by atoms with E-state index in [2.05, 4.69) is 22.1 Å². The third-order valence-corrected chi connectivity index (χ3v) is 6.56. The molecule has 33 heavy (non-hydrogen) atoms. The lowest BCUT2D eigenvalue weighted by Crippen LogP contribution is -2.30. The van der Waals surface area contributed by atoms with Crippen LogP contribution in [-0.4, -0.2) is 52.1 Å². The van der Waals surface area contributed by atoms with Crippen LogP contribution in [0, 0.1) is 23.5 Å². The third kappa shape index (κ3) is 6.06. The van der Waals surface area contributed by atoms with Gasteiger partial charge in [-0.15, -0.1) is 0 Å². The van der Waals surface area contributed by atoms with Gasteiger partial charge in [0.15, 0.2) is 0 Å². The Hall–Kier alpha value is -3.03. The van der Waals surface area contributed by atoms with Crippen molar-refractivity contribution in [2.24, 2.45) is 0 Å². The highest BCUT2D eigenvalue weighted by atomic mass is 32.2. The van der Waals surface area contributed by atoms with Gasteiger partial charge in [-0.1, -0.05) is 17.9 Å². The molecule has 7 nitrogen and oxygen atoms in total. The number of aliphatic hydroxyl groups is 1. The van der Waals surface area contributed by atoms with Crippen LogP contribution in [0.15, 0.2) is 35.4 Å². The summed E-state index contributed by atoms with van der Waals surface area (Å²) in [7, 11) is -2.98. The van der Waals surface area contributed by atoms with E-state index in [4.69, 9.17) is 9.89 Å². The molecule has 1 aliphatic rings. The van der Waals surface area contributed by atoms with Gasteiger partial charge >= 0.3 is 0 Å². The Morgan fingerprint density at radius 1 is 1.36 bits per heavy atom. The standard InChI is InChI=1S/C23H26F2N4O3S/c1-16-17(6-4-13-30)15-27-21(29-11-5-9-23(24,25)10-12-29)20(16)22(31)28-18-7-3-8-19(14-18)33(2,26)32/h3,7-8,14-15,26,30H,5,9-13H2,1-2H3,(H,28,31)/t33-/m1/s1. The Morgan fingerprint density at radius 2 is 2.12 bits per heavy atom. The zero-order valence-electron chi connectivity index (χ0n) is 18.5. The number of carbonyl (C=O) groups is 1. The summed E-state index contributed by atoms with van der Waals surface area (Å²) in [5.41, 5.74) is 1.48. The summed E-state index contributed by atoms with van der Waals surface area (Å²) in [6, 6.07) is 6.22. The van der Waals surface area contributed by atoms with E-state index in [0.29, 0.717) is 23.4 Å². The second-order valence-corrected chi connectivity index (χ2v) is 10.1. The van der Waals surface area contributed by atoms with Gasteiger partial charge < -0.3 is 15.3 Å². The molecule has 0 unspecified atom stereocenters. The highest BCUT2D eigenvalue weighted by Gasteiger charge is 2.33. The van der Waals surface area contributed by atoms with Gasteiger partial charge in [0, 0.05) is 54.5 Å². The molecule has 0 spiro atoms. The molecule has 1 saturated heterocycles. The molecule has 1 amide bonds. The number of pyridine rings is 1. The van der Waals surface area contributed by atoms with E-state index in [-0.39, 0.29) is 48.7 Å². The maximum Gasteiger partial charge on any atom is 0.259 e.